The van der Waals surface area contributed by atoms with Gasteiger partial charge in [0.05, 0.1) is 11.4 Å². The lowest BCUT2D eigenvalue weighted by Crippen LogP contribution is -2.50. The standard InChI is InChI=1S/C13H25N5/c1-5-6-18-13(12(14)11(3)15-18)17-8-7-16(4)10(2)9-17/h10H,5-9,14H2,1-4H3. The number of anilines is 2. The Balaban J connectivity index is 2.26. The van der Waals surface area contributed by atoms with Crippen LogP contribution < -0.4 is 10.6 Å². The van der Waals surface area contributed by atoms with Crippen LogP contribution in [-0.4, -0.2) is 47.4 Å². The fourth-order valence-corrected chi connectivity index (χ4v) is 2.53. The van der Waals surface area contributed by atoms with E-state index in [1.807, 2.05) is 6.92 Å². The highest BCUT2D eigenvalue weighted by atomic mass is 15.4. The van der Waals surface area contributed by atoms with E-state index in [9.17, 15) is 0 Å². The molecule has 0 amide bonds. The maximum atomic E-state index is 6.21. The molecule has 1 saturated heterocycles. The Labute approximate surface area is 110 Å². The number of nitrogens with zero attached hydrogens (tertiary/aromatic N) is 4. The van der Waals surface area contributed by atoms with Crippen molar-refractivity contribution in [3.63, 3.8) is 0 Å². The molecular formula is C13H25N5. The van der Waals surface area contributed by atoms with Gasteiger partial charge in [-0.2, -0.15) is 5.10 Å². The van der Waals surface area contributed by atoms with E-state index in [1.54, 1.807) is 0 Å². The first-order valence-electron chi connectivity index (χ1n) is 6.82. The molecule has 1 unspecified atom stereocenters. The number of aryl methyl sites for hydroxylation is 2. The lowest BCUT2D eigenvalue weighted by Gasteiger charge is -2.39. The molecule has 1 aromatic heterocycles. The van der Waals surface area contributed by atoms with Crippen molar-refractivity contribution in [1.82, 2.24) is 14.7 Å². The van der Waals surface area contributed by atoms with E-state index in [0.717, 1.165) is 49.8 Å². The van der Waals surface area contributed by atoms with E-state index in [-0.39, 0.29) is 0 Å². The quantitative estimate of drug-likeness (QED) is 0.880. The summed E-state index contributed by atoms with van der Waals surface area (Å²) < 4.78 is 2.07. The van der Waals surface area contributed by atoms with E-state index in [4.69, 9.17) is 5.73 Å². The zero-order valence-corrected chi connectivity index (χ0v) is 12.0. The molecule has 0 saturated carbocycles. The number of nitrogens with two attached hydrogens (primary N) is 1. The third-order valence-corrected chi connectivity index (χ3v) is 3.84. The van der Waals surface area contributed by atoms with Crippen molar-refractivity contribution >= 4 is 11.5 Å². The fourth-order valence-electron chi connectivity index (χ4n) is 2.53. The van der Waals surface area contributed by atoms with Gasteiger partial charge in [0.25, 0.3) is 0 Å². The molecule has 0 bridgehead atoms. The first-order valence-corrected chi connectivity index (χ1v) is 6.82. The van der Waals surface area contributed by atoms with Crippen LogP contribution in [0.5, 0.6) is 0 Å². The number of aromatic nitrogens is 2. The Morgan fingerprint density at radius 1 is 1.39 bits per heavy atom. The largest absolute Gasteiger partial charge is 0.394 e. The van der Waals surface area contributed by atoms with E-state index in [2.05, 4.69) is 40.5 Å². The predicted molar refractivity (Wildman–Crippen MR) is 76.0 cm³/mol. The van der Waals surface area contributed by atoms with Crippen molar-refractivity contribution in [1.29, 1.82) is 0 Å². The highest BCUT2D eigenvalue weighted by Crippen LogP contribution is 2.28. The van der Waals surface area contributed by atoms with Crippen LogP contribution in [0.4, 0.5) is 11.5 Å². The molecule has 2 heterocycles. The molecule has 0 aromatic carbocycles. The minimum absolute atomic E-state index is 0.559. The van der Waals surface area contributed by atoms with Crippen LogP contribution in [0.2, 0.25) is 0 Å². The Morgan fingerprint density at radius 3 is 2.72 bits per heavy atom. The summed E-state index contributed by atoms with van der Waals surface area (Å²) in [5.41, 5.74) is 8.00. The van der Waals surface area contributed by atoms with Crippen molar-refractivity contribution in [2.75, 3.05) is 37.3 Å². The van der Waals surface area contributed by atoms with Crippen molar-refractivity contribution < 1.29 is 0 Å². The van der Waals surface area contributed by atoms with E-state index < -0.39 is 0 Å². The third-order valence-electron chi connectivity index (χ3n) is 3.84. The highest BCUT2D eigenvalue weighted by Gasteiger charge is 2.25. The summed E-state index contributed by atoms with van der Waals surface area (Å²) in [4.78, 5) is 4.77. The summed E-state index contributed by atoms with van der Waals surface area (Å²) in [6.45, 7) is 10.5. The normalized spacial score (nSPS) is 21.6. The van der Waals surface area contributed by atoms with Gasteiger partial charge in [-0.3, -0.25) is 0 Å². The molecule has 102 valence electrons. The van der Waals surface area contributed by atoms with Crippen LogP contribution in [0.3, 0.4) is 0 Å². The second-order valence-electron chi connectivity index (χ2n) is 5.32. The molecule has 1 fully saturated rings. The molecular weight excluding hydrogens is 226 g/mol. The van der Waals surface area contributed by atoms with Crippen molar-refractivity contribution in [3.05, 3.63) is 5.69 Å². The van der Waals surface area contributed by atoms with Gasteiger partial charge in [0.1, 0.15) is 0 Å². The molecule has 5 nitrogen and oxygen atoms in total. The minimum Gasteiger partial charge on any atom is -0.394 e. The van der Waals surface area contributed by atoms with Crippen molar-refractivity contribution in [2.45, 2.75) is 39.8 Å². The number of piperazine rings is 1. The van der Waals surface area contributed by atoms with Crippen LogP contribution in [0.15, 0.2) is 0 Å². The second kappa shape index (κ2) is 5.18. The zero-order chi connectivity index (χ0) is 13.3. The summed E-state index contributed by atoms with van der Waals surface area (Å²) >= 11 is 0. The number of hydrogen-bond donors (Lipinski definition) is 1. The van der Waals surface area contributed by atoms with Crippen molar-refractivity contribution in [2.24, 2.45) is 0 Å². The number of hydrogen-bond acceptors (Lipinski definition) is 4. The Hall–Kier alpha value is -1.23. The van der Waals surface area contributed by atoms with E-state index in [0.29, 0.717) is 6.04 Å². The van der Waals surface area contributed by atoms with Crippen LogP contribution in [0.25, 0.3) is 0 Å². The topological polar surface area (TPSA) is 50.3 Å². The lowest BCUT2D eigenvalue weighted by molar-refractivity contribution is 0.232. The minimum atomic E-state index is 0.559. The Bertz CT molecular complexity index is 412. The summed E-state index contributed by atoms with van der Waals surface area (Å²) in [5, 5.41) is 4.56. The maximum Gasteiger partial charge on any atom is 0.150 e. The average Bonchev–Trinajstić information content (AvgIpc) is 2.60. The summed E-state index contributed by atoms with van der Waals surface area (Å²) in [6.07, 6.45) is 1.08. The third kappa shape index (κ3) is 2.32. The lowest BCUT2D eigenvalue weighted by atomic mass is 10.2. The SMILES string of the molecule is CCCn1nc(C)c(N)c1N1CCN(C)C(C)C1. The Kier molecular flexibility index (Phi) is 3.80. The molecule has 18 heavy (non-hydrogen) atoms. The van der Waals surface area contributed by atoms with Gasteiger partial charge in [0, 0.05) is 32.2 Å². The molecule has 0 aliphatic carbocycles. The zero-order valence-electron chi connectivity index (χ0n) is 12.0. The summed E-state index contributed by atoms with van der Waals surface area (Å²) in [5.74, 6) is 1.12. The van der Waals surface area contributed by atoms with Gasteiger partial charge in [-0.15, -0.1) is 0 Å². The smallest absolute Gasteiger partial charge is 0.150 e. The summed E-state index contributed by atoms with van der Waals surface area (Å²) in [6, 6.07) is 0.559. The van der Waals surface area contributed by atoms with Gasteiger partial charge in [-0.25, -0.2) is 4.68 Å². The van der Waals surface area contributed by atoms with Gasteiger partial charge in [-0.1, -0.05) is 6.92 Å². The molecule has 0 radical (unpaired) electrons. The van der Waals surface area contributed by atoms with Crippen LogP contribution in [0.1, 0.15) is 26.0 Å². The number of nitrogen functional groups attached to an aromatic ring is 1. The second-order valence-corrected chi connectivity index (χ2v) is 5.32. The first kappa shape index (κ1) is 13.2. The number of likely N-dealkylation sites (N-methyl/N-ethyl adjacent to an activating group) is 1. The highest BCUT2D eigenvalue weighted by molar-refractivity contribution is 5.66. The Morgan fingerprint density at radius 2 is 2.11 bits per heavy atom. The average molecular weight is 251 g/mol. The monoisotopic (exact) mass is 251 g/mol. The molecule has 2 rings (SSSR count). The maximum absolute atomic E-state index is 6.21. The van der Waals surface area contributed by atoms with Gasteiger partial charge >= 0.3 is 0 Å². The van der Waals surface area contributed by atoms with Crippen molar-refractivity contribution in [3.8, 4) is 0 Å². The van der Waals surface area contributed by atoms with Crippen LogP contribution in [-0.2, 0) is 6.54 Å². The van der Waals surface area contributed by atoms with Gasteiger partial charge in [-0.05, 0) is 27.3 Å². The fraction of sp³-hybridized carbons (Fsp3) is 0.769. The number of rotatable bonds is 3. The summed E-state index contributed by atoms with van der Waals surface area (Å²) in [7, 11) is 2.18. The first-order chi connectivity index (χ1) is 8.54. The van der Waals surface area contributed by atoms with E-state index in [1.165, 1.54) is 0 Å². The molecule has 1 aromatic rings. The molecule has 1 atom stereocenters. The van der Waals surface area contributed by atoms with Crippen LogP contribution in [0, 0.1) is 6.92 Å². The predicted octanol–water partition coefficient (Wildman–Crippen LogP) is 1.32. The molecule has 1 aliphatic rings. The van der Waals surface area contributed by atoms with Gasteiger partial charge < -0.3 is 15.5 Å². The molecule has 2 N–H and O–H groups in total. The molecule has 5 heteroatoms. The molecule has 1 aliphatic heterocycles. The van der Waals surface area contributed by atoms with Gasteiger partial charge in [0.15, 0.2) is 5.82 Å². The van der Waals surface area contributed by atoms with Gasteiger partial charge in [0.2, 0.25) is 0 Å². The van der Waals surface area contributed by atoms with Crippen LogP contribution >= 0.6 is 0 Å². The van der Waals surface area contributed by atoms with E-state index >= 15 is 0 Å². The molecule has 0 spiro atoms.